The van der Waals surface area contributed by atoms with Crippen molar-refractivity contribution in [2.75, 3.05) is 11.1 Å². The quantitative estimate of drug-likeness (QED) is 0.662. The highest BCUT2D eigenvalue weighted by Crippen LogP contribution is 2.20. The average Bonchev–Trinajstić information content (AvgIpc) is 3.04. The van der Waals surface area contributed by atoms with Gasteiger partial charge in [0.05, 0.1) is 5.75 Å². The average molecular weight is 369 g/mol. The van der Waals surface area contributed by atoms with Crippen LogP contribution in [-0.2, 0) is 4.79 Å². The van der Waals surface area contributed by atoms with Gasteiger partial charge in [0, 0.05) is 11.6 Å². The fourth-order valence-corrected chi connectivity index (χ4v) is 3.17. The first-order valence-corrected chi connectivity index (χ1v) is 9.67. The van der Waals surface area contributed by atoms with E-state index in [-0.39, 0.29) is 11.8 Å². The summed E-state index contributed by atoms with van der Waals surface area (Å²) in [5, 5.41) is 16.5. The van der Waals surface area contributed by atoms with Crippen LogP contribution < -0.4 is 5.32 Å². The highest BCUT2D eigenvalue weighted by molar-refractivity contribution is 7.99. The molecule has 3 aromatic rings. The Labute approximate surface area is 157 Å². The number of anilines is 1. The van der Waals surface area contributed by atoms with Crippen molar-refractivity contribution in [3.8, 4) is 0 Å². The number of hydrogen-bond donors (Lipinski definition) is 1. The Morgan fingerprint density at radius 3 is 2.42 bits per heavy atom. The second-order valence-corrected chi connectivity index (χ2v) is 7.76. The summed E-state index contributed by atoms with van der Waals surface area (Å²) in [6, 6.07) is 11.7. The highest BCUT2D eigenvalue weighted by atomic mass is 32.2. The molecule has 0 spiro atoms. The van der Waals surface area contributed by atoms with E-state index >= 15 is 0 Å². The third kappa shape index (κ3) is 4.22. The van der Waals surface area contributed by atoms with Crippen LogP contribution in [0.4, 0.5) is 5.69 Å². The van der Waals surface area contributed by atoms with Gasteiger partial charge in [-0.2, -0.15) is 9.61 Å². The van der Waals surface area contributed by atoms with E-state index in [1.165, 1.54) is 17.3 Å². The molecule has 2 aromatic heterocycles. The van der Waals surface area contributed by atoms with E-state index in [0.717, 1.165) is 16.5 Å². The largest absolute Gasteiger partial charge is 0.325 e. The van der Waals surface area contributed by atoms with Crippen LogP contribution in [0.25, 0.3) is 5.65 Å². The standard InChI is InChI=1S/C19H23N5OS/c1-12(2)14-5-7-15(8-6-14)20-17(25)11-26-18-10-9-16-21-22-19(13(3)4)24(16)23-18/h5-10,12-13H,11H2,1-4H3,(H,20,25). The Morgan fingerprint density at radius 1 is 1.04 bits per heavy atom. The van der Waals surface area contributed by atoms with E-state index in [4.69, 9.17) is 0 Å². The summed E-state index contributed by atoms with van der Waals surface area (Å²) in [6.07, 6.45) is 0. The molecular formula is C19H23N5OS. The highest BCUT2D eigenvalue weighted by Gasteiger charge is 2.12. The Bertz CT molecular complexity index is 902. The second-order valence-electron chi connectivity index (χ2n) is 6.77. The Hall–Kier alpha value is -2.41. The van der Waals surface area contributed by atoms with Crippen molar-refractivity contribution in [3.05, 3.63) is 47.8 Å². The van der Waals surface area contributed by atoms with Crippen LogP contribution in [0.1, 0.15) is 50.9 Å². The van der Waals surface area contributed by atoms with Gasteiger partial charge in [-0.1, -0.05) is 51.6 Å². The molecule has 0 aliphatic carbocycles. The van der Waals surface area contributed by atoms with Gasteiger partial charge in [-0.3, -0.25) is 4.79 Å². The van der Waals surface area contributed by atoms with Crippen LogP contribution in [0.15, 0.2) is 41.4 Å². The Kier molecular flexibility index (Phi) is 5.56. The number of hydrogen-bond acceptors (Lipinski definition) is 5. The summed E-state index contributed by atoms with van der Waals surface area (Å²) < 4.78 is 1.75. The summed E-state index contributed by atoms with van der Waals surface area (Å²) in [6.45, 7) is 8.40. The zero-order chi connectivity index (χ0) is 18.7. The monoisotopic (exact) mass is 369 g/mol. The van der Waals surface area contributed by atoms with Gasteiger partial charge >= 0.3 is 0 Å². The maximum atomic E-state index is 12.2. The number of fused-ring (bicyclic) bond motifs is 1. The minimum atomic E-state index is -0.0537. The lowest BCUT2D eigenvalue weighted by atomic mass is 10.0. The third-order valence-electron chi connectivity index (χ3n) is 3.99. The van der Waals surface area contributed by atoms with Crippen LogP contribution in [0.5, 0.6) is 0 Å². The van der Waals surface area contributed by atoms with Crippen molar-refractivity contribution in [3.63, 3.8) is 0 Å². The molecule has 0 unspecified atom stereocenters. The molecule has 0 saturated carbocycles. The molecule has 0 fully saturated rings. The van der Waals surface area contributed by atoms with Gasteiger partial charge in [0.1, 0.15) is 5.03 Å². The number of nitrogens with zero attached hydrogens (tertiary/aromatic N) is 4. The summed E-state index contributed by atoms with van der Waals surface area (Å²) in [4.78, 5) is 12.2. The van der Waals surface area contributed by atoms with Gasteiger partial charge in [-0.25, -0.2) is 0 Å². The first-order chi connectivity index (χ1) is 12.4. The molecule has 0 saturated heterocycles. The lowest BCUT2D eigenvalue weighted by Gasteiger charge is -2.08. The van der Waals surface area contributed by atoms with E-state index in [1.807, 2.05) is 36.4 Å². The molecule has 0 bridgehead atoms. The number of carbonyl (C=O) groups excluding carboxylic acids is 1. The first-order valence-electron chi connectivity index (χ1n) is 8.69. The predicted octanol–water partition coefficient (Wildman–Crippen LogP) is 4.10. The molecule has 1 N–H and O–H groups in total. The Balaban J connectivity index is 1.62. The van der Waals surface area contributed by atoms with Gasteiger partial charge < -0.3 is 5.32 Å². The van der Waals surface area contributed by atoms with Crippen LogP contribution in [0.2, 0.25) is 0 Å². The number of aromatic nitrogens is 4. The van der Waals surface area contributed by atoms with E-state index in [9.17, 15) is 4.79 Å². The van der Waals surface area contributed by atoms with Gasteiger partial charge in [0.15, 0.2) is 11.5 Å². The molecule has 0 aliphatic heterocycles. The van der Waals surface area contributed by atoms with E-state index in [0.29, 0.717) is 17.3 Å². The summed E-state index contributed by atoms with van der Waals surface area (Å²) in [5.41, 5.74) is 2.78. The van der Waals surface area contributed by atoms with Crippen LogP contribution in [-0.4, -0.2) is 31.5 Å². The Morgan fingerprint density at radius 2 is 1.77 bits per heavy atom. The molecule has 136 valence electrons. The van der Waals surface area contributed by atoms with Crippen LogP contribution in [0.3, 0.4) is 0 Å². The molecule has 1 amide bonds. The fraction of sp³-hybridized carbons (Fsp3) is 0.368. The molecule has 7 heteroatoms. The van der Waals surface area contributed by atoms with E-state index in [1.54, 1.807) is 4.52 Å². The van der Waals surface area contributed by atoms with Crippen LogP contribution >= 0.6 is 11.8 Å². The lowest BCUT2D eigenvalue weighted by molar-refractivity contribution is -0.113. The topological polar surface area (TPSA) is 72.2 Å². The van der Waals surface area contributed by atoms with Gasteiger partial charge in [-0.15, -0.1) is 10.2 Å². The van der Waals surface area contributed by atoms with Crippen molar-refractivity contribution in [2.45, 2.75) is 44.6 Å². The van der Waals surface area contributed by atoms with Gasteiger partial charge in [-0.05, 0) is 35.7 Å². The summed E-state index contributed by atoms with van der Waals surface area (Å²) in [7, 11) is 0. The van der Waals surface area contributed by atoms with E-state index in [2.05, 4.69) is 48.3 Å². The molecule has 26 heavy (non-hydrogen) atoms. The number of amides is 1. The molecule has 3 rings (SSSR count). The molecule has 1 aromatic carbocycles. The van der Waals surface area contributed by atoms with Crippen molar-refractivity contribution in [2.24, 2.45) is 0 Å². The molecule has 0 atom stereocenters. The number of carbonyl (C=O) groups is 1. The maximum absolute atomic E-state index is 12.2. The molecule has 6 nitrogen and oxygen atoms in total. The zero-order valence-corrected chi connectivity index (χ0v) is 16.2. The predicted molar refractivity (Wildman–Crippen MR) is 105 cm³/mol. The first kappa shape index (κ1) is 18.4. The number of nitrogens with one attached hydrogen (secondary N) is 1. The number of rotatable bonds is 6. The van der Waals surface area contributed by atoms with Crippen molar-refractivity contribution >= 4 is 29.0 Å². The number of benzene rings is 1. The molecule has 2 heterocycles. The maximum Gasteiger partial charge on any atom is 0.234 e. The van der Waals surface area contributed by atoms with Crippen molar-refractivity contribution in [1.29, 1.82) is 0 Å². The summed E-state index contributed by atoms with van der Waals surface area (Å²) >= 11 is 1.39. The van der Waals surface area contributed by atoms with Gasteiger partial charge in [0.25, 0.3) is 0 Å². The smallest absolute Gasteiger partial charge is 0.234 e. The minimum absolute atomic E-state index is 0.0537. The molecule has 0 radical (unpaired) electrons. The summed E-state index contributed by atoms with van der Waals surface area (Å²) in [5.74, 6) is 1.77. The van der Waals surface area contributed by atoms with Crippen molar-refractivity contribution in [1.82, 2.24) is 19.8 Å². The van der Waals surface area contributed by atoms with E-state index < -0.39 is 0 Å². The fourth-order valence-electron chi connectivity index (χ4n) is 2.51. The minimum Gasteiger partial charge on any atom is -0.325 e. The zero-order valence-electron chi connectivity index (χ0n) is 15.4. The normalized spacial score (nSPS) is 11.5. The van der Waals surface area contributed by atoms with Crippen molar-refractivity contribution < 1.29 is 4.79 Å². The second kappa shape index (κ2) is 7.86. The third-order valence-corrected chi connectivity index (χ3v) is 4.91. The number of thioether (sulfide) groups is 1. The van der Waals surface area contributed by atoms with Gasteiger partial charge in [0.2, 0.25) is 5.91 Å². The van der Waals surface area contributed by atoms with Crippen LogP contribution in [0, 0.1) is 0 Å². The molecule has 0 aliphatic rings. The SMILES string of the molecule is CC(C)c1ccc(NC(=O)CSc2ccc3nnc(C(C)C)n3n2)cc1. The lowest BCUT2D eigenvalue weighted by Crippen LogP contribution is -2.14. The molecular weight excluding hydrogens is 346 g/mol.